The number of carbonyl (C=O) groups excluding carboxylic acids is 2. The van der Waals surface area contributed by atoms with Crippen LogP contribution in [0.5, 0.6) is 0 Å². The zero-order valence-corrected chi connectivity index (χ0v) is 14.8. The minimum Gasteiger partial charge on any atom is -0.467 e. The van der Waals surface area contributed by atoms with Gasteiger partial charge in [-0.3, -0.25) is 0 Å². The molecule has 3 rings (SSSR count). The summed E-state index contributed by atoms with van der Waals surface area (Å²) in [6, 6.07) is 3.62. The van der Waals surface area contributed by atoms with Gasteiger partial charge in [-0.15, -0.1) is 0 Å². The van der Waals surface area contributed by atoms with Gasteiger partial charge in [-0.25, -0.2) is 14.6 Å². The Hall–Kier alpha value is -2.39. The van der Waals surface area contributed by atoms with Crippen LogP contribution in [0.25, 0.3) is 0 Å². The van der Waals surface area contributed by atoms with Crippen molar-refractivity contribution in [1.29, 1.82) is 0 Å². The monoisotopic (exact) mass is 364 g/mol. The number of esters is 1. The quantitative estimate of drug-likeness (QED) is 0.752. The van der Waals surface area contributed by atoms with Crippen molar-refractivity contribution in [3.05, 3.63) is 23.9 Å². The molecule has 1 aromatic heterocycles. The number of carbonyl (C=O) groups is 2. The van der Waals surface area contributed by atoms with Crippen LogP contribution < -0.4 is 10.2 Å². The standard InChI is InChI=1S/C17H24N4O5/c1-24-16(22)14-12-21(6-9-26-14)17(23)19-11-13-2-3-18-15(10-13)20-4-7-25-8-5-20/h2-3,10,14H,4-9,11-12H2,1H3,(H,19,23). The van der Waals surface area contributed by atoms with E-state index in [0.717, 1.165) is 24.5 Å². The summed E-state index contributed by atoms with van der Waals surface area (Å²) in [5.74, 6) is 0.420. The number of urea groups is 1. The summed E-state index contributed by atoms with van der Waals surface area (Å²) in [6.45, 7) is 4.34. The topological polar surface area (TPSA) is 93.2 Å². The van der Waals surface area contributed by atoms with E-state index in [-0.39, 0.29) is 12.6 Å². The number of morpholine rings is 2. The SMILES string of the molecule is COC(=O)C1CN(C(=O)NCc2ccnc(N3CCOCC3)c2)CCO1. The number of rotatable bonds is 4. The number of anilines is 1. The number of methoxy groups -OCH3 is 1. The number of ether oxygens (including phenoxy) is 3. The Kier molecular flexibility index (Phi) is 6.24. The van der Waals surface area contributed by atoms with Gasteiger partial charge in [0.15, 0.2) is 6.10 Å². The molecule has 2 amide bonds. The maximum atomic E-state index is 12.4. The fraction of sp³-hybridized carbons (Fsp3) is 0.588. The molecule has 2 saturated heterocycles. The second-order valence-corrected chi connectivity index (χ2v) is 6.11. The van der Waals surface area contributed by atoms with Crippen LogP contribution in [0.15, 0.2) is 18.3 Å². The third kappa shape index (κ3) is 4.61. The second kappa shape index (κ2) is 8.81. The van der Waals surface area contributed by atoms with Crippen LogP contribution in [0.2, 0.25) is 0 Å². The van der Waals surface area contributed by atoms with Gasteiger partial charge in [0.05, 0.1) is 33.5 Å². The first-order valence-corrected chi connectivity index (χ1v) is 8.67. The van der Waals surface area contributed by atoms with E-state index in [9.17, 15) is 9.59 Å². The molecule has 0 aliphatic carbocycles. The van der Waals surface area contributed by atoms with Crippen LogP contribution in [-0.2, 0) is 25.5 Å². The van der Waals surface area contributed by atoms with Gasteiger partial charge >= 0.3 is 12.0 Å². The second-order valence-electron chi connectivity index (χ2n) is 6.11. The lowest BCUT2D eigenvalue weighted by Crippen LogP contribution is -2.51. The summed E-state index contributed by atoms with van der Waals surface area (Å²) >= 11 is 0. The molecule has 9 nitrogen and oxygen atoms in total. The predicted molar refractivity (Wildman–Crippen MR) is 92.8 cm³/mol. The molecule has 1 unspecified atom stereocenters. The molecule has 1 aromatic rings. The van der Waals surface area contributed by atoms with Gasteiger partial charge in [-0.05, 0) is 17.7 Å². The van der Waals surface area contributed by atoms with Gasteiger partial charge < -0.3 is 29.3 Å². The maximum absolute atomic E-state index is 12.4. The van der Waals surface area contributed by atoms with Crippen molar-refractivity contribution >= 4 is 17.8 Å². The maximum Gasteiger partial charge on any atom is 0.336 e. The molecular weight excluding hydrogens is 340 g/mol. The van der Waals surface area contributed by atoms with E-state index >= 15 is 0 Å². The number of pyridine rings is 1. The number of nitrogens with zero attached hydrogens (tertiary/aromatic N) is 3. The Balaban J connectivity index is 1.53. The molecule has 0 radical (unpaired) electrons. The van der Waals surface area contributed by atoms with Crippen molar-refractivity contribution in [2.24, 2.45) is 0 Å². The molecule has 0 saturated carbocycles. The molecule has 0 aromatic carbocycles. The molecule has 0 spiro atoms. The number of nitrogens with one attached hydrogen (secondary N) is 1. The van der Waals surface area contributed by atoms with Crippen molar-refractivity contribution in [2.45, 2.75) is 12.6 Å². The lowest BCUT2D eigenvalue weighted by atomic mass is 10.2. The van der Waals surface area contributed by atoms with Gasteiger partial charge in [0.25, 0.3) is 0 Å². The first-order valence-electron chi connectivity index (χ1n) is 8.67. The van der Waals surface area contributed by atoms with Gasteiger partial charge in [0.2, 0.25) is 0 Å². The molecule has 0 bridgehead atoms. The number of hydrogen-bond acceptors (Lipinski definition) is 7. The highest BCUT2D eigenvalue weighted by Crippen LogP contribution is 2.14. The summed E-state index contributed by atoms with van der Waals surface area (Å²) in [4.78, 5) is 32.1. The fourth-order valence-electron chi connectivity index (χ4n) is 2.93. The van der Waals surface area contributed by atoms with E-state index < -0.39 is 12.1 Å². The van der Waals surface area contributed by atoms with Crippen molar-refractivity contribution in [3.8, 4) is 0 Å². The molecule has 3 heterocycles. The van der Waals surface area contributed by atoms with Gasteiger partial charge in [-0.1, -0.05) is 0 Å². The van der Waals surface area contributed by atoms with Gasteiger partial charge in [-0.2, -0.15) is 0 Å². The van der Waals surface area contributed by atoms with E-state index in [1.807, 2.05) is 12.1 Å². The van der Waals surface area contributed by atoms with Crippen molar-refractivity contribution in [1.82, 2.24) is 15.2 Å². The molecule has 9 heteroatoms. The first kappa shape index (κ1) is 18.4. The Morgan fingerprint density at radius 1 is 1.31 bits per heavy atom. The number of amides is 2. The van der Waals surface area contributed by atoms with Crippen LogP contribution in [0, 0.1) is 0 Å². The van der Waals surface area contributed by atoms with Crippen molar-refractivity contribution in [2.75, 3.05) is 58.0 Å². The molecule has 2 aliphatic rings. The minimum absolute atomic E-state index is 0.188. The molecule has 1 N–H and O–H groups in total. The van der Waals surface area contributed by atoms with Crippen LogP contribution in [0.4, 0.5) is 10.6 Å². The Labute approximate surface area is 152 Å². The molecular formula is C17H24N4O5. The van der Waals surface area contributed by atoms with Gasteiger partial charge in [0, 0.05) is 32.4 Å². The van der Waals surface area contributed by atoms with Crippen LogP contribution in [-0.4, -0.2) is 81.1 Å². The summed E-state index contributed by atoms with van der Waals surface area (Å²) in [6.07, 6.45) is 1.02. The summed E-state index contributed by atoms with van der Waals surface area (Å²) in [5.41, 5.74) is 0.965. The van der Waals surface area contributed by atoms with Crippen LogP contribution in [0.1, 0.15) is 5.56 Å². The Morgan fingerprint density at radius 3 is 2.88 bits per heavy atom. The average Bonchev–Trinajstić information content (AvgIpc) is 2.72. The minimum atomic E-state index is -0.728. The van der Waals surface area contributed by atoms with Crippen molar-refractivity contribution in [3.63, 3.8) is 0 Å². The molecule has 142 valence electrons. The van der Waals surface area contributed by atoms with E-state index in [2.05, 4.69) is 19.9 Å². The normalized spacial score (nSPS) is 20.6. The number of aromatic nitrogens is 1. The summed E-state index contributed by atoms with van der Waals surface area (Å²) in [7, 11) is 1.31. The molecule has 26 heavy (non-hydrogen) atoms. The first-order chi connectivity index (χ1) is 12.7. The highest BCUT2D eigenvalue weighted by molar-refractivity contribution is 5.78. The van der Waals surface area contributed by atoms with E-state index in [1.165, 1.54) is 7.11 Å². The van der Waals surface area contributed by atoms with E-state index in [4.69, 9.17) is 9.47 Å². The van der Waals surface area contributed by atoms with Crippen LogP contribution in [0.3, 0.4) is 0 Å². The zero-order valence-electron chi connectivity index (χ0n) is 14.8. The lowest BCUT2D eigenvalue weighted by Gasteiger charge is -2.31. The van der Waals surface area contributed by atoms with Gasteiger partial charge in [0.1, 0.15) is 5.82 Å². The fourth-order valence-corrected chi connectivity index (χ4v) is 2.93. The lowest BCUT2D eigenvalue weighted by molar-refractivity contribution is -0.158. The van der Waals surface area contributed by atoms with E-state index in [1.54, 1.807) is 11.1 Å². The smallest absolute Gasteiger partial charge is 0.336 e. The van der Waals surface area contributed by atoms with Crippen LogP contribution >= 0.6 is 0 Å². The third-order valence-corrected chi connectivity index (χ3v) is 4.41. The molecule has 1 atom stereocenters. The summed E-state index contributed by atoms with van der Waals surface area (Å²) in [5, 5.41) is 2.88. The molecule has 2 aliphatic heterocycles. The van der Waals surface area contributed by atoms with Crippen molar-refractivity contribution < 1.29 is 23.8 Å². The largest absolute Gasteiger partial charge is 0.467 e. The Bertz CT molecular complexity index is 635. The zero-order chi connectivity index (χ0) is 18.4. The molecule has 2 fully saturated rings. The highest BCUT2D eigenvalue weighted by Gasteiger charge is 2.29. The average molecular weight is 364 g/mol. The predicted octanol–water partition coefficient (Wildman–Crippen LogP) is 0.00160. The van der Waals surface area contributed by atoms with E-state index in [0.29, 0.717) is 32.9 Å². The Morgan fingerprint density at radius 2 is 2.12 bits per heavy atom. The summed E-state index contributed by atoms with van der Waals surface area (Å²) < 4.78 is 15.4. The number of hydrogen-bond donors (Lipinski definition) is 1. The third-order valence-electron chi connectivity index (χ3n) is 4.41. The highest BCUT2D eigenvalue weighted by atomic mass is 16.6.